The molecule has 2 aliphatic heterocycles. The summed E-state index contributed by atoms with van der Waals surface area (Å²) in [5.74, 6) is 1.99. The number of anilines is 1. The van der Waals surface area contributed by atoms with Crippen LogP contribution in [0.5, 0.6) is 11.5 Å². The average Bonchev–Trinajstić information content (AvgIpc) is 2.40. The van der Waals surface area contributed by atoms with Gasteiger partial charge in [0.1, 0.15) is 11.5 Å². The number of hydrogen-bond donors (Lipinski definition) is 0. The third-order valence-electron chi connectivity index (χ3n) is 3.89. The maximum absolute atomic E-state index is 5.52. The molecule has 0 bridgehead atoms. The Hall–Kier alpha value is -1.38. The summed E-state index contributed by atoms with van der Waals surface area (Å²) in [5.41, 5.74) is 4.17. The van der Waals surface area contributed by atoms with Crippen LogP contribution in [0.25, 0.3) is 0 Å². The van der Waals surface area contributed by atoms with Crippen molar-refractivity contribution in [2.75, 3.05) is 32.2 Å². The predicted octanol–water partition coefficient (Wildman–Crippen LogP) is 2.40. The predicted molar refractivity (Wildman–Crippen MR) is 68.4 cm³/mol. The molecule has 17 heavy (non-hydrogen) atoms. The third kappa shape index (κ3) is 1.56. The van der Waals surface area contributed by atoms with Crippen LogP contribution in [0.1, 0.15) is 24.0 Å². The van der Waals surface area contributed by atoms with Gasteiger partial charge in [0.05, 0.1) is 19.9 Å². The van der Waals surface area contributed by atoms with Crippen molar-refractivity contribution in [3.8, 4) is 11.5 Å². The molecule has 0 fully saturated rings. The second-order valence-electron chi connectivity index (χ2n) is 4.78. The van der Waals surface area contributed by atoms with Crippen LogP contribution < -0.4 is 14.4 Å². The van der Waals surface area contributed by atoms with Crippen LogP contribution in [-0.2, 0) is 12.8 Å². The highest BCUT2D eigenvalue weighted by Crippen LogP contribution is 2.44. The van der Waals surface area contributed by atoms with Gasteiger partial charge in [0.25, 0.3) is 0 Å². The Bertz CT molecular complexity index is 406. The van der Waals surface area contributed by atoms with Gasteiger partial charge in [0, 0.05) is 30.3 Å². The standard InChI is InChI=1S/C14H19NO2/c1-16-12-9-13(17-2)11-6-4-8-15-7-3-5-10(12)14(11)15/h9H,3-8H2,1-2H3. The number of methoxy groups -OCH3 is 2. The van der Waals surface area contributed by atoms with Crippen LogP contribution in [0.3, 0.4) is 0 Å². The Morgan fingerprint density at radius 3 is 1.94 bits per heavy atom. The number of rotatable bonds is 2. The van der Waals surface area contributed by atoms with E-state index in [-0.39, 0.29) is 0 Å². The lowest BCUT2D eigenvalue weighted by atomic mass is 9.90. The monoisotopic (exact) mass is 233 g/mol. The van der Waals surface area contributed by atoms with Gasteiger partial charge >= 0.3 is 0 Å². The van der Waals surface area contributed by atoms with E-state index in [2.05, 4.69) is 11.0 Å². The van der Waals surface area contributed by atoms with Crippen molar-refractivity contribution in [1.29, 1.82) is 0 Å². The summed E-state index contributed by atoms with van der Waals surface area (Å²) in [6.45, 7) is 2.35. The quantitative estimate of drug-likeness (QED) is 0.783. The van der Waals surface area contributed by atoms with Gasteiger partial charge in [0.2, 0.25) is 0 Å². The van der Waals surface area contributed by atoms with Gasteiger partial charge < -0.3 is 14.4 Å². The fourth-order valence-corrected chi connectivity index (χ4v) is 3.17. The van der Waals surface area contributed by atoms with E-state index in [1.807, 2.05) is 0 Å². The third-order valence-corrected chi connectivity index (χ3v) is 3.89. The van der Waals surface area contributed by atoms with Gasteiger partial charge in [-0.2, -0.15) is 0 Å². The molecule has 0 radical (unpaired) electrons. The topological polar surface area (TPSA) is 21.7 Å². The highest BCUT2D eigenvalue weighted by atomic mass is 16.5. The number of nitrogens with zero attached hydrogens (tertiary/aromatic N) is 1. The molecular weight excluding hydrogens is 214 g/mol. The van der Waals surface area contributed by atoms with Crippen LogP contribution in [0.2, 0.25) is 0 Å². The molecule has 0 atom stereocenters. The Balaban J connectivity index is 2.23. The smallest absolute Gasteiger partial charge is 0.127 e. The minimum atomic E-state index is 0.993. The highest BCUT2D eigenvalue weighted by molar-refractivity contribution is 5.71. The Labute approximate surface area is 102 Å². The van der Waals surface area contributed by atoms with Crippen molar-refractivity contribution in [3.05, 3.63) is 17.2 Å². The zero-order valence-electron chi connectivity index (χ0n) is 10.6. The van der Waals surface area contributed by atoms with Crippen molar-refractivity contribution in [3.63, 3.8) is 0 Å². The van der Waals surface area contributed by atoms with E-state index in [1.165, 1.54) is 42.7 Å². The molecule has 3 heteroatoms. The molecule has 0 aromatic heterocycles. The van der Waals surface area contributed by atoms with E-state index in [9.17, 15) is 0 Å². The molecular formula is C14H19NO2. The normalized spacial score (nSPS) is 17.6. The first kappa shape index (κ1) is 10.8. The lowest BCUT2D eigenvalue weighted by Gasteiger charge is -2.38. The lowest BCUT2D eigenvalue weighted by molar-refractivity contribution is 0.384. The van der Waals surface area contributed by atoms with Gasteiger partial charge in [-0.25, -0.2) is 0 Å². The number of ether oxygens (including phenoxy) is 2. The van der Waals surface area contributed by atoms with Gasteiger partial charge in [-0.3, -0.25) is 0 Å². The molecule has 0 saturated carbocycles. The fraction of sp³-hybridized carbons (Fsp3) is 0.571. The van der Waals surface area contributed by atoms with Crippen molar-refractivity contribution in [2.45, 2.75) is 25.7 Å². The molecule has 2 heterocycles. The molecule has 1 aromatic carbocycles. The van der Waals surface area contributed by atoms with E-state index in [1.54, 1.807) is 14.2 Å². The Kier molecular flexibility index (Phi) is 2.61. The molecule has 0 N–H and O–H groups in total. The summed E-state index contributed by atoms with van der Waals surface area (Å²) in [5, 5.41) is 0. The second-order valence-corrected chi connectivity index (χ2v) is 4.78. The summed E-state index contributed by atoms with van der Waals surface area (Å²) in [7, 11) is 3.50. The molecule has 0 unspecified atom stereocenters. The summed E-state index contributed by atoms with van der Waals surface area (Å²) in [4.78, 5) is 2.50. The first-order valence-corrected chi connectivity index (χ1v) is 6.37. The Morgan fingerprint density at radius 1 is 0.941 bits per heavy atom. The van der Waals surface area contributed by atoms with E-state index in [0.717, 1.165) is 24.3 Å². The van der Waals surface area contributed by atoms with Gasteiger partial charge in [0.15, 0.2) is 0 Å². The van der Waals surface area contributed by atoms with E-state index >= 15 is 0 Å². The molecule has 0 amide bonds. The van der Waals surface area contributed by atoms with E-state index < -0.39 is 0 Å². The molecule has 92 valence electrons. The van der Waals surface area contributed by atoms with Crippen LogP contribution in [0.15, 0.2) is 6.07 Å². The maximum atomic E-state index is 5.52. The molecule has 3 nitrogen and oxygen atoms in total. The average molecular weight is 233 g/mol. The summed E-state index contributed by atoms with van der Waals surface area (Å²) >= 11 is 0. The van der Waals surface area contributed by atoms with Crippen LogP contribution in [-0.4, -0.2) is 27.3 Å². The lowest BCUT2D eigenvalue weighted by Crippen LogP contribution is -2.34. The molecule has 0 spiro atoms. The van der Waals surface area contributed by atoms with Crippen LogP contribution in [0.4, 0.5) is 5.69 Å². The fourth-order valence-electron chi connectivity index (χ4n) is 3.17. The van der Waals surface area contributed by atoms with Gasteiger partial charge in [-0.1, -0.05) is 0 Å². The number of hydrogen-bond acceptors (Lipinski definition) is 3. The number of benzene rings is 1. The molecule has 3 rings (SSSR count). The maximum Gasteiger partial charge on any atom is 0.127 e. The Morgan fingerprint density at radius 2 is 1.47 bits per heavy atom. The van der Waals surface area contributed by atoms with Gasteiger partial charge in [-0.15, -0.1) is 0 Å². The summed E-state index contributed by atoms with van der Waals surface area (Å²) in [6.07, 6.45) is 4.72. The first-order chi connectivity index (χ1) is 8.35. The zero-order valence-corrected chi connectivity index (χ0v) is 10.6. The van der Waals surface area contributed by atoms with Crippen molar-refractivity contribution >= 4 is 5.69 Å². The molecule has 2 aliphatic rings. The van der Waals surface area contributed by atoms with Gasteiger partial charge in [-0.05, 0) is 25.7 Å². The van der Waals surface area contributed by atoms with Crippen LogP contribution in [0, 0.1) is 0 Å². The molecule has 0 saturated heterocycles. The second kappa shape index (κ2) is 4.13. The molecule has 1 aromatic rings. The van der Waals surface area contributed by atoms with E-state index in [4.69, 9.17) is 9.47 Å². The summed E-state index contributed by atoms with van der Waals surface area (Å²) in [6, 6.07) is 2.06. The SMILES string of the molecule is COc1cc(OC)c2c3c1CCCN3CCC2. The zero-order chi connectivity index (χ0) is 11.8. The van der Waals surface area contributed by atoms with Crippen molar-refractivity contribution in [2.24, 2.45) is 0 Å². The molecule has 0 aliphatic carbocycles. The first-order valence-electron chi connectivity index (χ1n) is 6.37. The highest BCUT2D eigenvalue weighted by Gasteiger charge is 2.28. The van der Waals surface area contributed by atoms with Crippen molar-refractivity contribution < 1.29 is 9.47 Å². The minimum absolute atomic E-state index is 0.993. The van der Waals surface area contributed by atoms with Crippen molar-refractivity contribution in [1.82, 2.24) is 0 Å². The largest absolute Gasteiger partial charge is 0.496 e. The summed E-state index contributed by atoms with van der Waals surface area (Å²) < 4.78 is 11.0. The minimum Gasteiger partial charge on any atom is -0.496 e. The van der Waals surface area contributed by atoms with E-state index in [0.29, 0.717) is 0 Å². The van der Waals surface area contributed by atoms with Crippen LogP contribution >= 0.6 is 0 Å².